The molecule has 0 fully saturated rings. The lowest BCUT2D eigenvalue weighted by Gasteiger charge is -2.16. The van der Waals surface area contributed by atoms with E-state index in [9.17, 15) is 0 Å². The van der Waals surface area contributed by atoms with Crippen molar-refractivity contribution in [2.75, 3.05) is 16.8 Å². The molecule has 0 aliphatic rings. The molecule has 0 aliphatic heterocycles. The third-order valence-electron chi connectivity index (χ3n) is 5.76. The van der Waals surface area contributed by atoms with E-state index in [1.54, 1.807) is 0 Å². The SMILES string of the molecule is CC(C)Cc1nc2ccccc2cc1CNc1ncnc(N)c1C(=N)c1ccc2nc(N)sc2c1. The number of hydrogen-bond donors (Lipinski definition) is 4. The second kappa shape index (κ2) is 9.27. The highest BCUT2D eigenvalue weighted by molar-refractivity contribution is 7.22. The summed E-state index contributed by atoms with van der Waals surface area (Å²) in [6.07, 6.45) is 2.28. The molecule has 3 heterocycles. The molecule has 5 rings (SSSR count). The predicted molar refractivity (Wildman–Crippen MR) is 144 cm³/mol. The number of anilines is 3. The topological polar surface area (TPSA) is 139 Å². The van der Waals surface area contributed by atoms with Crippen LogP contribution in [0.5, 0.6) is 0 Å². The maximum atomic E-state index is 8.90. The number of rotatable bonds is 7. The van der Waals surface area contributed by atoms with Crippen molar-refractivity contribution in [2.24, 2.45) is 5.92 Å². The number of pyridine rings is 1. The molecule has 0 bridgehead atoms. The van der Waals surface area contributed by atoms with E-state index < -0.39 is 0 Å². The van der Waals surface area contributed by atoms with Crippen LogP contribution in [-0.4, -0.2) is 25.6 Å². The summed E-state index contributed by atoms with van der Waals surface area (Å²) in [4.78, 5) is 17.8. The Labute approximate surface area is 207 Å². The monoisotopic (exact) mass is 482 g/mol. The highest BCUT2D eigenvalue weighted by atomic mass is 32.1. The first-order valence-corrected chi connectivity index (χ1v) is 12.2. The lowest BCUT2D eigenvalue weighted by atomic mass is 10.0. The van der Waals surface area contributed by atoms with E-state index in [4.69, 9.17) is 21.9 Å². The fourth-order valence-electron chi connectivity index (χ4n) is 4.12. The van der Waals surface area contributed by atoms with Crippen LogP contribution in [0.2, 0.25) is 0 Å². The minimum absolute atomic E-state index is 0.235. The Morgan fingerprint density at radius 2 is 1.86 bits per heavy atom. The summed E-state index contributed by atoms with van der Waals surface area (Å²) in [5, 5.41) is 13.9. The van der Waals surface area contributed by atoms with Crippen molar-refractivity contribution in [2.45, 2.75) is 26.8 Å². The van der Waals surface area contributed by atoms with E-state index in [2.05, 4.69) is 46.2 Å². The van der Waals surface area contributed by atoms with Gasteiger partial charge >= 0.3 is 0 Å². The van der Waals surface area contributed by atoms with Crippen molar-refractivity contribution in [3.05, 3.63) is 77.2 Å². The fraction of sp³-hybridized carbons (Fsp3) is 0.192. The lowest BCUT2D eigenvalue weighted by molar-refractivity contribution is 0.632. The Morgan fingerprint density at radius 3 is 2.69 bits per heavy atom. The van der Waals surface area contributed by atoms with Gasteiger partial charge in [-0.05, 0) is 42.2 Å². The average Bonchev–Trinajstić information content (AvgIpc) is 3.21. The third-order valence-corrected chi connectivity index (χ3v) is 6.61. The zero-order chi connectivity index (χ0) is 24.5. The molecule has 0 saturated heterocycles. The van der Waals surface area contributed by atoms with Crippen molar-refractivity contribution < 1.29 is 0 Å². The van der Waals surface area contributed by atoms with Gasteiger partial charge in [-0.15, -0.1) is 0 Å². The highest BCUT2D eigenvalue weighted by Crippen LogP contribution is 2.28. The number of nitrogens with zero attached hydrogens (tertiary/aromatic N) is 4. The first-order chi connectivity index (χ1) is 16.9. The third kappa shape index (κ3) is 4.63. The Morgan fingerprint density at radius 1 is 1.03 bits per heavy atom. The zero-order valence-corrected chi connectivity index (χ0v) is 20.4. The summed E-state index contributed by atoms with van der Waals surface area (Å²) < 4.78 is 0.912. The van der Waals surface area contributed by atoms with Gasteiger partial charge in [-0.1, -0.05) is 49.4 Å². The molecule has 0 saturated carbocycles. The van der Waals surface area contributed by atoms with Gasteiger partial charge in [-0.3, -0.25) is 10.4 Å². The molecule has 35 heavy (non-hydrogen) atoms. The van der Waals surface area contributed by atoms with E-state index in [0.29, 0.717) is 34.5 Å². The molecule has 3 aromatic heterocycles. The van der Waals surface area contributed by atoms with Crippen LogP contribution in [0.15, 0.2) is 54.9 Å². The van der Waals surface area contributed by atoms with Gasteiger partial charge in [-0.25, -0.2) is 15.0 Å². The van der Waals surface area contributed by atoms with Crippen LogP contribution in [0, 0.1) is 11.3 Å². The second-order valence-corrected chi connectivity index (χ2v) is 9.89. The summed E-state index contributed by atoms with van der Waals surface area (Å²) in [7, 11) is 0. The number of nitrogens with one attached hydrogen (secondary N) is 2. The molecular formula is C26H26N8S. The number of hydrogen-bond acceptors (Lipinski definition) is 9. The van der Waals surface area contributed by atoms with E-state index in [1.165, 1.54) is 17.7 Å². The summed E-state index contributed by atoms with van der Waals surface area (Å²) >= 11 is 1.39. The van der Waals surface area contributed by atoms with E-state index in [0.717, 1.165) is 38.8 Å². The van der Waals surface area contributed by atoms with E-state index in [1.807, 2.05) is 36.4 Å². The fourth-order valence-corrected chi connectivity index (χ4v) is 4.89. The molecule has 9 heteroatoms. The largest absolute Gasteiger partial charge is 0.383 e. The van der Waals surface area contributed by atoms with Gasteiger partial charge in [0, 0.05) is 23.2 Å². The van der Waals surface area contributed by atoms with Crippen molar-refractivity contribution in [3.63, 3.8) is 0 Å². The molecule has 5 aromatic rings. The van der Waals surface area contributed by atoms with Crippen LogP contribution in [0.1, 0.15) is 36.2 Å². The van der Waals surface area contributed by atoms with Gasteiger partial charge in [0.2, 0.25) is 0 Å². The average molecular weight is 483 g/mol. The molecular weight excluding hydrogens is 456 g/mol. The van der Waals surface area contributed by atoms with Crippen LogP contribution < -0.4 is 16.8 Å². The first kappa shape index (κ1) is 22.7. The van der Waals surface area contributed by atoms with Crippen molar-refractivity contribution >= 4 is 54.9 Å². The van der Waals surface area contributed by atoms with E-state index >= 15 is 0 Å². The first-order valence-electron chi connectivity index (χ1n) is 11.4. The number of aromatic nitrogens is 4. The summed E-state index contributed by atoms with van der Waals surface area (Å²) in [6.45, 7) is 4.87. The Balaban J connectivity index is 1.48. The Bertz CT molecular complexity index is 1560. The van der Waals surface area contributed by atoms with E-state index in [-0.39, 0.29) is 11.5 Å². The quantitative estimate of drug-likeness (QED) is 0.239. The van der Waals surface area contributed by atoms with Crippen LogP contribution in [0.25, 0.3) is 21.1 Å². The number of nitrogen functional groups attached to an aromatic ring is 2. The summed E-state index contributed by atoms with van der Waals surface area (Å²) in [5.41, 5.74) is 17.4. The van der Waals surface area contributed by atoms with Gasteiger partial charge in [0.25, 0.3) is 0 Å². The zero-order valence-electron chi connectivity index (χ0n) is 19.5. The van der Waals surface area contributed by atoms with Crippen molar-refractivity contribution in [1.82, 2.24) is 19.9 Å². The molecule has 6 N–H and O–H groups in total. The molecule has 0 atom stereocenters. The smallest absolute Gasteiger partial charge is 0.181 e. The molecule has 2 aromatic carbocycles. The Kier molecular flexibility index (Phi) is 6.00. The minimum Gasteiger partial charge on any atom is -0.383 e. The molecule has 176 valence electrons. The normalized spacial score (nSPS) is 11.4. The molecule has 0 amide bonds. The van der Waals surface area contributed by atoms with Crippen LogP contribution in [-0.2, 0) is 13.0 Å². The lowest BCUT2D eigenvalue weighted by Crippen LogP contribution is -2.15. The maximum absolute atomic E-state index is 8.90. The van der Waals surface area contributed by atoms with Gasteiger partial charge in [-0.2, -0.15) is 0 Å². The molecule has 0 radical (unpaired) electrons. The van der Waals surface area contributed by atoms with Gasteiger partial charge in [0.05, 0.1) is 27.0 Å². The summed E-state index contributed by atoms with van der Waals surface area (Å²) in [6, 6.07) is 15.9. The number of fused-ring (bicyclic) bond motifs is 2. The molecule has 0 aliphatic carbocycles. The van der Waals surface area contributed by atoms with Crippen LogP contribution >= 0.6 is 11.3 Å². The van der Waals surface area contributed by atoms with Crippen molar-refractivity contribution in [3.8, 4) is 0 Å². The molecule has 8 nitrogen and oxygen atoms in total. The van der Waals surface area contributed by atoms with Crippen molar-refractivity contribution in [1.29, 1.82) is 5.41 Å². The summed E-state index contributed by atoms with van der Waals surface area (Å²) in [5.74, 6) is 1.22. The number of benzene rings is 2. The van der Waals surface area contributed by atoms with Crippen LogP contribution in [0.4, 0.5) is 16.8 Å². The van der Waals surface area contributed by atoms with Gasteiger partial charge in [0.15, 0.2) is 5.13 Å². The number of thiazole rings is 1. The number of para-hydroxylation sites is 1. The molecule has 0 unspecified atom stereocenters. The van der Waals surface area contributed by atoms with Gasteiger partial charge in [0.1, 0.15) is 18.0 Å². The minimum atomic E-state index is 0.235. The van der Waals surface area contributed by atoms with Crippen LogP contribution in [0.3, 0.4) is 0 Å². The number of nitrogens with two attached hydrogens (primary N) is 2. The maximum Gasteiger partial charge on any atom is 0.181 e. The predicted octanol–water partition coefficient (Wildman–Crippen LogP) is 5.03. The van der Waals surface area contributed by atoms with Gasteiger partial charge < -0.3 is 16.8 Å². The second-order valence-electron chi connectivity index (χ2n) is 8.83. The standard InChI is InChI=1S/C26H26N8S/c1-14(2)9-20-17(10-15-5-3-4-6-18(15)33-20)12-30-25-22(24(28)31-13-32-25)23(27)16-7-8-19-21(11-16)35-26(29)34-19/h3-8,10-11,13-14,27H,9,12H2,1-2H3,(H2,29,34)(H3,28,30,31,32). The molecule has 0 spiro atoms. The highest BCUT2D eigenvalue weighted by Gasteiger charge is 2.18. The Hall–Kier alpha value is -4.11.